The second kappa shape index (κ2) is 6.18. The molecule has 1 unspecified atom stereocenters. The van der Waals surface area contributed by atoms with Gasteiger partial charge in [-0.05, 0) is 17.7 Å². The first-order valence-corrected chi connectivity index (χ1v) is 6.32. The average molecular weight is 259 g/mol. The third-order valence-electron chi connectivity index (χ3n) is 2.36. The van der Waals surface area contributed by atoms with Gasteiger partial charge in [0.1, 0.15) is 5.25 Å². The molecule has 0 spiro atoms. The van der Waals surface area contributed by atoms with Crippen LogP contribution in [0.2, 0.25) is 0 Å². The number of nitrogens with one attached hydrogen (secondary N) is 1. The van der Waals surface area contributed by atoms with Crippen molar-refractivity contribution in [2.75, 3.05) is 0 Å². The molecule has 1 aromatic heterocycles. The monoisotopic (exact) mass is 259 g/mol. The minimum absolute atomic E-state index is 0.239. The number of pyridine rings is 1. The van der Waals surface area contributed by atoms with Gasteiger partial charge in [-0.2, -0.15) is 0 Å². The van der Waals surface area contributed by atoms with Crippen molar-refractivity contribution in [3.8, 4) is 0 Å². The molecule has 1 atom stereocenters. The number of hydrogen-bond donors (Lipinski definition) is 2. The lowest BCUT2D eigenvalue weighted by Gasteiger charge is -2.14. The third kappa shape index (κ3) is 3.09. The SMILES string of the molecule is NNC(=O)C(Sc1ccccn1)c1ccccc1. The highest BCUT2D eigenvalue weighted by Crippen LogP contribution is 2.33. The number of hydrogen-bond acceptors (Lipinski definition) is 4. The van der Waals surface area contributed by atoms with Crippen molar-refractivity contribution in [1.29, 1.82) is 0 Å². The number of hydrazine groups is 1. The van der Waals surface area contributed by atoms with Crippen LogP contribution >= 0.6 is 11.8 Å². The number of nitrogens with zero attached hydrogens (tertiary/aromatic N) is 1. The lowest BCUT2D eigenvalue weighted by atomic mass is 10.1. The van der Waals surface area contributed by atoms with Crippen LogP contribution in [-0.4, -0.2) is 10.9 Å². The number of carbonyl (C=O) groups is 1. The predicted molar refractivity (Wildman–Crippen MR) is 71.6 cm³/mol. The summed E-state index contributed by atoms with van der Waals surface area (Å²) in [6.07, 6.45) is 1.70. The topological polar surface area (TPSA) is 68.0 Å². The van der Waals surface area contributed by atoms with Gasteiger partial charge in [0.15, 0.2) is 0 Å². The summed E-state index contributed by atoms with van der Waals surface area (Å²) in [4.78, 5) is 16.0. The van der Waals surface area contributed by atoms with E-state index in [0.717, 1.165) is 10.6 Å². The maximum Gasteiger partial charge on any atom is 0.251 e. The Labute approximate surface area is 110 Å². The number of thioether (sulfide) groups is 1. The summed E-state index contributed by atoms with van der Waals surface area (Å²) in [6, 6.07) is 15.1. The highest BCUT2D eigenvalue weighted by molar-refractivity contribution is 8.00. The Morgan fingerprint density at radius 3 is 2.50 bits per heavy atom. The van der Waals surface area contributed by atoms with Crippen LogP contribution in [0.5, 0.6) is 0 Å². The van der Waals surface area contributed by atoms with Gasteiger partial charge in [0, 0.05) is 6.20 Å². The van der Waals surface area contributed by atoms with Crippen molar-refractivity contribution in [3.63, 3.8) is 0 Å². The summed E-state index contributed by atoms with van der Waals surface area (Å²) in [6.45, 7) is 0. The zero-order valence-corrected chi connectivity index (χ0v) is 10.4. The number of carbonyl (C=O) groups excluding carboxylic acids is 1. The maximum atomic E-state index is 11.8. The van der Waals surface area contributed by atoms with E-state index < -0.39 is 5.25 Å². The summed E-state index contributed by atoms with van der Waals surface area (Å²) >= 11 is 1.37. The van der Waals surface area contributed by atoms with Gasteiger partial charge < -0.3 is 0 Å². The van der Waals surface area contributed by atoms with E-state index in [0.29, 0.717) is 0 Å². The minimum Gasteiger partial charge on any atom is -0.293 e. The van der Waals surface area contributed by atoms with Gasteiger partial charge in [-0.15, -0.1) is 0 Å². The van der Waals surface area contributed by atoms with Crippen LogP contribution < -0.4 is 11.3 Å². The summed E-state index contributed by atoms with van der Waals surface area (Å²) in [5.41, 5.74) is 3.10. The molecule has 92 valence electrons. The van der Waals surface area contributed by atoms with Crippen LogP contribution in [0.25, 0.3) is 0 Å². The zero-order valence-electron chi connectivity index (χ0n) is 9.61. The van der Waals surface area contributed by atoms with Crippen LogP contribution in [0.1, 0.15) is 10.8 Å². The fourth-order valence-corrected chi connectivity index (χ4v) is 2.50. The first-order valence-electron chi connectivity index (χ1n) is 5.44. The first kappa shape index (κ1) is 12.6. The molecule has 0 saturated carbocycles. The smallest absolute Gasteiger partial charge is 0.251 e. The lowest BCUT2D eigenvalue weighted by Crippen LogP contribution is -2.33. The molecule has 0 fully saturated rings. The van der Waals surface area contributed by atoms with Gasteiger partial charge in [-0.25, -0.2) is 10.8 Å². The van der Waals surface area contributed by atoms with Gasteiger partial charge >= 0.3 is 0 Å². The van der Waals surface area contributed by atoms with E-state index in [1.165, 1.54) is 11.8 Å². The summed E-state index contributed by atoms with van der Waals surface area (Å²) in [7, 11) is 0. The van der Waals surface area contributed by atoms with Gasteiger partial charge in [0.05, 0.1) is 5.03 Å². The summed E-state index contributed by atoms with van der Waals surface area (Å²) < 4.78 is 0. The number of benzene rings is 1. The molecule has 3 N–H and O–H groups in total. The molecular weight excluding hydrogens is 246 g/mol. The van der Waals surface area contributed by atoms with Crippen LogP contribution in [0.4, 0.5) is 0 Å². The van der Waals surface area contributed by atoms with E-state index in [9.17, 15) is 4.79 Å². The molecule has 0 bridgehead atoms. The van der Waals surface area contributed by atoms with Gasteiger partial charge in [0.2, 0.25) is 0 Å². The predicted octanol–water partition coefficient (Wildman–Crippen LogP) is 1.90. The Bertz CT molecular complexity index is 504. The Morgan fingerprint density at radius 2 is 1.89 bits per heavy atom. The van der Waals surface area contributed by atoms with Crippen molar-refractivity contribution in [2.24, 2.45) is 5.84 Å². The fraction of sp³-hybridized carbons (Fsp3) is 0.0769. The zero-order chi connectivity index (χ0) is 12.8. The van der Waals surface area contributed by atoms with Gasteiger partial charge in [0.25, 0.3) is 5.91 Å². The number of aromatic nitrogens is 1. The molecule has 1 heterocycles. The van der Waals surface area contributed by atoms with Gasteiger partial charge in [-0.3, -0.25) is 10.2 Å². The van der Waals surface area contributed by atoms with E-state index >= 15 is 0 Å². The number of nitrogens with two attached hydrogens (primary N) is 1. The molecule has 4 nitrogen and oxygen atoms in total. The second-order valence-corrected chi connectivity index (χ2v) is 4.71. The molecule has 0 aliphatic carbocycles. The minimum atomic E-state index is -0.397. The largest absolute Gasteiger partial charge is 0.293 e. The molecule has 5 heteroatoms. The number of rotatable bonds is 4. The molecule has 0 aliphatic rings. The molecule has 2 rings (SSSR count). The molecule has 0 aliphatic heterocycles. The van der Waals surface area contributed by atoms with Crippen LogP contribution in [0.3, 0.4) is 0 Å². The molecule has 2 aromatic rings. The quantitative estimate of drug-likeness (QED) is 0.381. The first-order chi connectivity index (χ1) is 8.81. The Hall–Kier alpha value is -1.85. The molecule has 1 amide bonds. The van der Waals surface area contributed by atoms with Crippen molar-refractivity contribution >= 4 is 17.7 Å². The highest BCUT2D eigenvalue weighted by Gasteiger charge is 2.21. The molecule has 1 aromatic carbocycles. The Morgan fingerprint density at radius 1 is 1.17 bits per heavy atom. The van der Waals surface area contributed by atoms with Crippen LogP contribution in [0.15, 0.2) is 59.8 Å². The second-order valence-electron chi connectivity index (χ2n) is 3.59. The molecular formula is C13H13N3OS. The number of amides is 1. The van der Waals surface area contributed by atoms with Crippen molar-refractivity contribution < 1.29 is 4.79 Å². The normalized spacial score (nSPS) is 11.8. The average Bonchev–Trinajstić information content (AvgIpc) is 2.46. The van der Waals surface area contributed by atoms with E-state index in [-0.39, 0.29) is 5.91 Å². The summed E-state index contributed by atoms with van der Waals surface area (Å²) in [5, 5.41) is 0.390. The highest BCUT2D eigenvalue weighted by atomic mass is 32.2. The lowest BCUT2D eigenvalue weighted by molar-refractivity contribution is -0.120. The molecule has 0 saturated heterocycles. The van der Waals surface area contributed by atoms with E-state index in [1.807, 2.05) is 48.5 Å². The van der Waals surface area contributed by atoms with E-state index in [2.05, 4.69) is 10.4 Å². The summed E-state index contributed by atoms with van der Waals surface area (Å²) in [5.74, 6) is 4.99. The standard InChI is InChI=1S/C13H13N3OS/c14-16-13(17)12(10-6-2-1-3-7-10)18-11-8-4-5-9-15-11/h1-9,12H,14H2,(H,16,17). The van der Waals surface area contributed by atoms with Crippen molar-refractivity contribution in [2.45, 2.75) is 10.3 Å². The van der Waals surface area contributed by atoms with Gasteiger partial charge in [-0.1, -0.05) is 48.2 Å². The maximum absolute atomic E-state index is 11.8. The van der Waals surface area contributed by atoms with E-state index in [1.54, 1.807) is 6.20 Å². The van der Waals surface area contributed by atoms with Crippen molar-refractivity contribution in [1.82, 2.24) is 10.4 Å². The Balaban J connectivity index is 2.24. The van der Waals surface area contributed by atoms with Crippen LogP contribution in [0, 0.1) is 0 Å². The van der Waals surface area contributed by atoms with E-state index in [4.69, 9.17) is 5.84 Å². The molecule has 18 heavy (non-hydrogen) atoms. The molecule has 0 radical (unpaired) electrons. The van der Waals surface area contributed by atoms with Crippen molar-refractivity contribution in [3.05, 3.63) is 60.3 Å². The fourth-order valence-electron chi connectivity index (χ4n) is 1.51. The van der Waals surface area contributed by atoms with Crippen LogP contribution in [-0.2, 0) is 4.79 Å². The Kier molecular flexibility index (Phi) is 4.33. The third-order valence-corrected chi connectivity index (χ3v) is 3.56.